The molecule has 0 spiro atoms. The van der Waals surface area contributed by atoms with Gasteiger partial charge in [-0.15, -0.1) is 24.8 Å². The molecule has 0 saturated heterocycles. The molecule has 0 aliphatic carbocycles. The van der Waals surface area contributed by atoms with E-state index in [0.29, 0.717) is 0 Å². The van der Waals surface area contributed by atoms with Crippen molar-refractivity contribution in [3.05, 3.63) is 64.9 Å². The summed E-state index contributed by atoms with van der Waals surface area (Å²) in [4.78, 5) is 7.94. The molecule has 2 aromatic carbocycles. The maximum absolute atomic E-state index is 5.87. The van der Waals surface area contributed by atoms with Crippen LogP contribution in [0.1, 0.15) is 17.8 Å². The van der Waals surface area contributed by atoms with Crippen molar-refractivity contribution in [2.24, 2.45) is 0 Å². The Morgan fingerprint density at radius 1 is 1.00 bits per heavy atom. The van der Waals surface area contributed by atoms with Crippen molar-refractivity contribution in [2.75, 3.05) is 6.54 Å². The molecule has 0 fully saturated rings. The first-order chi connectivity index (χ1) is 10.3. The Kier molecular flexibility index (Phi) is 8.42. The third-order valence-electron chi connectivity index (χ3n) is 3.45. The van der Waals surface area contributed by atoms with Gasteiger partial charge in [0, 0.05) is 18.0 Å². The molecule has 1 aromatic heterocycles. The van der Waals surface area contributed by atoms with Gasteiger partial charge in [-0.3, -0.25) is 0 Å². The van der Waals surface area contributed by atoms with Gasteiger partial charge in [0.1, 0.15) is 5.82 Å². The molecule has 0 bridgehead atoms. The zero-order chi connectivity index (χ0) is 14.5. The second-order valence-electron chi connectivity index (χ2n) is 5.11. The van der Waals surface area contributed by atoms with Crippen molar-refractivity contribution in [2.45, 2.75) is 19.4 Å². The molecule has 0 amide bonds. The minimum atomic E-state index is 0. The number of hydrogen-bond donors (Lipinski definition) is 2. The van der Waals surface area contributed by atoms with Crippen molar-refractivity contribution in [1.29, 1.82) is 0 Å². The second kappa shape index (κ2) is 9.78. The van der Waals surface area contributed by atoms with Gasteiger partial charge in [-0.2, -0.15) is 0 Å². The number of para-hydroxylation sites is 2. The third kappa shape index (κ3) is 5.70. The van der Waals surface area contributed by atoms with E-state index in [4.69, 9.17) is 11.6 Å². The average molecular weight is 373 g/mol. The smallest absolute Gasteiger partial charge is 0.107 e. The lowest BCUT2D eigenvalue weighted by Gasteiger charge is -2.04. The Balaban J connectivity index is 0.00000132. The van der Waals surface area contributed by atoms with Gasteiger partial charge in [-0.1, -0.05) is 35.9 Å². The van der Waals surface area contributed by atoms with Crippen LogP contribution in [-0.2, 0) is 13.0 Å². The van der Waals surface area contributed by atoms with E-state index >= 15 is 0 Å². The third-order valence-corrected chi connectivity index (χ3v) is 3.70. The SMILES string of the molecule is Cl.Cl.Clc1ccc(CNCCCc2nc3ccccc3[nH]2)cc1. The highest BCUT2D eigenvalue weighted by Gasteiger charge is 2.01. The number of nitrogens with one attached hydrogen (secondary N) is 2. The van der Waals surface area contributed by atoms with Crippen molar-refractivity contribution in [3.8, 4) is 0 Å². The number of aromatic amines is 1. The molecule has 0 saturated carbocycles. The van der Waals surface area contributed by atoms with Gasteiger partial charge in [0.15, 0.2) is 0 Å². The highest BCUT2D eigenvalue weighted by molar-refractivity contribution is 6.30. The summed E-state index contributed by atoms with van der Waals surface area (Å²) < 4.78 is 0. The van der Waals surface area contributed by atoms with Crippen LogP contribution in [0.2, 0.25) is 5.02 Å². The van der Waals surface area contributed by atoms with Gasteiger partial charge in [-0.05, 0) is 42.8 Å². The quantitative estimate of drug-likeness (QED) is 0.611. The van der Waals surface area contributed by atoms with Crippen LogP contribution < -0.4 is 5.32 Å². The minimum absolute atomic E-state index is 0. The number of imidazole rings is 1. The summed E-state index contributed by atoms with van der Waals surface area (Å²) in [6.45, 7) is 1.84. The molecule has 6 heteroatoms. The van der Waals surface area contributed by atoms with Crippen molar-refractivity contribution in [1.82, 2.24) is 15.3 Å². The minimum Gasteiger partial charge on any atom is -0.342 e. The van der Waals surface area contributed by atoms with Gasteiger partial charge in [0.05, 0.1) is 11.0 Å². The molecule has 2 N–H and O–H groups in total. The first kappa shape index (κ1) is 19.8. The molecule has 124 valence electrons. The maximum atomic E-state index is 5.87. The summed E-state index contributed by atoms with van der Waals surface area (Å²) in [5.41, 5.74) is 3.41. The van der Waals surface area contributed by atoms with Crippen LogP contribution in [0.4, 0.5) is 0 Å². The molecule has 0 aliphatic heterocycles. The summed E-state index contributed by atoms with van der Waals surface area (Å²) in [6.07, 6.45) is 2.02. The van der Waals surface area contributed by atoms with E-state index in [9.17, 15) is 0 Å². The molecule has 0 aliphatic rings. The van der Waals surface area contributed by atoms with Crippen LogP contribution in [0.3, 0.4) is 0 Å². The molecule has 1 heterocycles. The van der Waals surface area contributed by atoms with Crippen LogP contribution in [0.15, 0.2) is 48.5 Å². The van der Waals surface area contributed by atoms with Crippen LogP contribution >= 0.6 is 36.4 Å². The van der Waals surface area contributed by atoms with E-state index in [0.717, 1.165) is 47.8 Å². The van der Waals surface area contributed by atoms with Crippen molar-refractivity contribution < 1.29 is 0 Å². The standard InChI is InChI=1S/C17H18ClN3.2ClH/c18-14-9-7-13(8-10-14)12-19-11-3-6-17-20-15-4-1-2-5-16(15)21-17;;/h1-2,4-5,7-10,19H,3,6,11-12H2,(H,20,21);2*1H. The summed E-state index contributed by atoms with van der Waals surface area (Å²) in [5, 5.41) is 4.22. The van der Waals surface area contributed by atoms with Crippen LogP contribution in [0.5, 0.6) is 0 Å². The predicted molar refractivity (Wildman–Crippen MR) is 102 cm³/mol. The van der Waals surface area contributed by atoms with Crippen molar-refractivity contribution in [3.63, 3.8) is 0 Å². The Morgan fingerprint density at radius 3 is 2.48 bits per heavy atom. The lowest BCUT2D eigenvalue weighted by molar-refractivity contribution is 0.641. The van der Waals surface area contributed by atoms with E-state index in [2.05, 4.69) is 33.5 Å². The fraction of sp³-hybridized carbons (Fsp3) is 0.235. The highest BCUT2D eigenvalue weighted by atomic mass is 35.5. The fourth-order valence-electron chi connectivity index (χ4n) is 2.34. The number of aryl methyl sites for hydroxylation is 1. The number of fused-ring (bicyclic) bond motifs is 1. The Morgan fingerprint density at radius 2 is 1.74 bits per heavy atom. The zero-order valence-corrected chi connectivity index (χ0v) is 15.0. The molecule has 23 heavy (non-hydrogen) atoms. The molecule has 3 rings (SSSR count). The Labute approximate surface area is 153 Å². The number of benzene rings is 2. The van der Waals surface area contributed by atoms with E-state index in [-0.39, 0.29) is 24.8 Å². The van der Waals surface area contributed by atoms with E-state index in [1.54, 1.807) is 0 Å². The van der Waals surface area contributed by atoms with Gasteiger partial charge < -0.3 is 10.3 Å². The zero-order valence-electron chi connectivity index (χ0n) is 12.6. The van der Waals surface area contributed by atoms with E-state index < -0.39 is 0 Å². The number of hydrogen-bond acceptors (Lipinski definition) is 2. The second-order valence-corrected chi connectivity index (χ2v) is 5.54. The predicted octanol–water partition coefficient (Wildman–Crippen LogP) is 4.78. The number of halogens is 3. The fourth-order valence-corrected chi connectivity index (χ4v) is 2.47. The first-order valence-electron chi connectivity index (χ1n) is 7.20. The van der Waals surface area contributed by atoms with Crippen LogP contribution in [0, 0.1) is 0 Å². The lowest BCUT2D eigenvalue weighted by Crippen LogP contribution is -2.15. The van der Waals surface area contributed by atoms with Gasteiger partial charge in [0.2, 0.25) is 0 Å². The largest absolute Gasteiger partial charge is 0.342 e. The number of H-pyrrole nitrogens is 1. The normalized spacial score (nSPS) is 10.1. The maximum Gasteiger partial charge on any atom is 0.107 e. The Bertz CT molecular complexity index is 677. The number of aromatic nitrogens is 2. The molecule has 0 atom stereocenters. The van der Waals surface area contributed by atoms with Gasteiger partial charge in [-0.25, -0.2) is 4.98 Å². The lowest BCUT2D eigenvalue weighted by atomic mass is 10.2. The van der Waals surface area contributed by atoms with Gasteiger partial charge in [0.25, 0.3) is 0 Å². The Hall–Kier alpha value is -1.26. The number of nitrogens with zero attached hydrogens (tertiary/aromatic N) is 1. The van der Waals surface area contributed by atoms with Crippen LogP contribution in [-0.4, -0.2) is 16.5 Å². The molecule has 0 radical (unpaired) electrons. The molecule has 3 aromatic rings. The summed E-state index contributed by atoms with van der Waals surface area (Å²) in [6, 6.07) is 16.1. The number of rotatable bonds is 6. The highest BCUT2D eigenvalue weighted by Crippen LogP contribution is 2.11. The molecular formula is C17H20Cl3N3. The monoisotopic (exact) mass is 371 g/mol. The first-order valence-corrected chi connectivity index (χ1v) is 7.58. The van der Waals surface area contributed by atoms with Crippen LogP contribution in [0.25, 0.3) is 11.0 Å². The topological polar surface area (TPSA) is 40.7 Å². The average Bonchev–Trinajstić information content (AvgIpc) is 2.91. The summed E-state index contributed by atoms with van der Waals surface area (Å²) in [7, 11) is 0. The molecular weight excluding hydrogens is 353 g/mol. The van der Waals surface area contributed by atoms with E-state index in [1.807, 2.05) is 30.3 Å². The molecule has 0 unspecified atom stereocenters. The summed E-state index contributed by atoms with van der Waals surface area (Å²) in [5.74, 6) is 1.06. The summed E-state index contributed by atoms with van der Waals surface area (Å²) >= 11 is 5.87. The molecule has 3 nitrogen and oxygen atoms in total. The van der Waals surface area contributed by atoms with Gasteiger partial charge >= 0.3 is 0 Å². The van der Waals surface area contributed by atoms with E-state index in [1.165, 1.54) is 5.56 Å². The van der Waals surface area contributed by atoms with Crippen molar-refractivity contribution >= 4 is 47.4 Å².